The van der Waals surface area contributed by atoms with Gasteiger partial charge in [0.1, 0.15) is 16.7 Å². The van der Waals surface area contributed by atoms with E-state index in [2.05, 4.69) is 10.4 Å². The summed E-state index contributed by atoms with van der Waals surface area (Å²) < 4.78 is 34.2. The van der Waals surface area contributed by atoms with E-state index in [1.54, 1.807) is 44.2 Å². The minimum Gasteiger partial charge on any atom is -0.468 e. The summed E-state index contributed by atoms with van der Waals surface area (Å²) in [6, 6.07) is 6.65. The maximum atomic E-state index is 13.1. The Labute approximate surface area is 174 Å². The molecule has 3 heterocycles. The van der Waals surface area contributed by atoms with Crippen LogP contribution in [-0.2, 0) is 27.9 Å². The Morgan fingerprint density at radius 2 is 2.10 bits per heavy atom. The van der Waals surface area contributed by atoms with Crippen LogP contribution in [0.5, 0.6) is 0 Å². The number of carbonyl (C=O) groups excluding carboxylic acids is 1. The Balaban J connectivity index is 1.80. The van der Waals surface area contributed by atoms with Crippen LogP contribution in [-0.4, -0.2) is 35.5 Å². The van der Waals surface area contributed by atoms with Gasteiger partial charge in [-0.3, -0.25) is 9.48 Å². The highest BCUT2D eigenvalue weighted by atomic mass is 32.2. The van der Waals surface area contributed by atoms with Crippen molar-refractivity contribution in [3.05, 3.63) is 57.9 Å². The maximum Gasteiger partial charge on any atom is 0.246 e. The zero-order chi connectivity index (χ0) is 21.2. The van der Waals surface area contributed by atoms with Crippen molar-refractivity contribution in [2.75, 3.05) is 7.05 Å². The number of nitrogens with one attached hydrogen (secondary N) is 1. The van der Waals surface area contributed by atoms with Crippen LogP contribution in [0.2, 0.25) is 0 Å². The fourth-order valence-corrected chi connectivity index (χ4v) is 5.24. The van der Waals surface area contributed by atoms with Gasteiger partial charge in [-0.1, -0.05) is 6.07 Å². The number of hydrogen-bond acceptors (Lipinski definition) is 6. The largest absolute Gasteiger partial charge is 0.468 e. The van der Waals surface area contributed by atoms with E-state index in [1.807, 2.05) is 17.5 Å². The molecule has 0 aliphatic rings. The summed E-state index contributed by atoms with van der Waals surface area (Å²) in [4.78, 5) is 13.7. The van der Waals surface area contributed by atoms with Crippen LogP contribution < -0.4 is 5.32 Å². The minimum atomic E-state index is -3.80. The zero-order valence-electron chi connectivity index (χ0n) is 16.7. The summed E-state index contributed by atoms with van der Waals surface area (Å²) >= 11 is 1.56. The van der Waals surface area contributed by atoms with Gasteiger partial charge in [0, 0.05) is 11.9 Å². The molecule has 0 fully saturated rings. The highest BCUT2D eigenvalue weighted by molar-refractivity contribution is 7.89. The third-order valence-corrected chi connectivity index (χ3v) is 7.58. The summed E-state index contributed by atoms with van der Waals surface area (Å²) in [5, 5.41) is 9.17. The van der Waals surface area contributed by atoms with Gasteiger partial charge in [0.2, 0.25) is 15.9 Å². The second-order valence-corrected chi connectivity index (χ2v) is 9.77. The van der Waals surface area contributed by atoms with E-state index in [1.165, 1.54) is 22.3 Å². The Bertz CT molecular complexity index is 1070. The van der Waals surface area contributed by atoms with Crippen LogP contribution in [0.25, 0.3) is 0 Å². The molecule has 0 bridgehead atoms. The van der Waals surface area contributed by atoms with E-state index in [9.17, 15) is 13.2 Å². The lowest BCUT2D eigenvalue weighted by Gasteiger charge is -2.17. The van der Waals surface area contributed by atoms with Gasteiger partial charge in [-0.05, 0) is 44.4 Å². The van der Waals surface area contributed by atoms with Crippen molar-refractivity contribution >= 4 is 27.3 Å². The van der Waals surface area contributed by atoms with E-state index >= 15 is 0 Å². The molecule has 0 spiro atoms. The van der Waals surface area contributed by atoms with Gasteiger partial charge in [0.25, 0.3) is 0 Å². The van der Waals surface area contributed by atoms with Crippen molar-refractivity contribution in [1.29, 1.82) is 0 Å². The number of aromatic nitrogens is 2. The van der Waals surface area contributed by atoms with Crippen LogP contribution in [0.3, 0.4) is 0 Å². The van der Waals surface area contributed by atoms with Crippen LogP contribution >= 0.6 is 11.3 Å². The molecular weight excluding hydrogens is 412 g/mol. The molecule has 0 saturated carbocycles. The molecule has 10 heteroatoms. The molecule has 0 radical (unpaired) electrons. The number of hydrogen-bond donors (Lipinski definition) is 1. The number of thiophene rings is 1. The quantitative estimate of drug-likeness (QED) is 0.586. The monoisotopic (exact) mass is 436 g/mol. The molecule has 1 N–H and O–H groups in total. The van der Waals surface area contributed by atoms with Crippen molar-refractivity contribution < 1.29 is 17.6 Å². The number of furan rings is 1. The van der Waals surface area contributed by atoms with Gasteiger partial charge in [-0.2, -0.15) is 9.40 Å². The van der Waals surface area contributed by atoms with Gasteiger partial charge in [-0.15, -0.1) is 11.3 Å². The minimum absolute atomic E-state index is 0.107. The smallest absolute Gasteiger partial charge is 0.246 e. The number of sulfonamides is 1. The third kappa shape index (κ3) is 4.44. The van der Waals surface area contributed by atoms with Crippen molar-refractivity contribution in [3.63, 3.8) is 0 Å². The lowest BCUT2D eigenvalue weighted by molar-refractivity contribution is -0.124. The molecule has 0 saturated heterocycles. The van der Waals surface area contributed by atoms with Gasteiger partial charge >= 0.3 is 0 Å². The molecule has 8 nitrogen and oxygen atoms in total. The summed E-state index contributed by atoms with van der Waals surface area (Å²) in [5.74, 6) is 0.317. The Morgan fingerprint density at radius 1 is 1.34 bits per heavy atom. The van der Waals surface area contributed by atoms with E-state index in [4.69, 9.17) is 4.42 Å². The molecule has 0 unspecified atom stereocenters. The Kier molecular flexibility index (Phi) is 6.25. The molecule has 3 aromatic rings. The van der Waals surface area contributed by atoms with Crippen molar-refractivity contribution in [3.8, 4) is 0 Å². The van der Waals surface area contributed by atoms with Crippen molar-refractivity contribution in [2.24, 2.45) is 0 Å². The van der Waals surface area contributed by atoms with E-state index in [0.717, 1.165) is 4.88 Å². The number of aryl methyl sites for hydroxylation is 1. The van der Waals surface area contributed by atoms with Crippen LogP contribution in [0.15, 0.2) is 45.2 Å². The van der Waals surface area contributed by atoms with Gasteiger partial charge < -0.3 is 9.73 Å². The molecule has 3 aromatic heterocycles. The predicted molar refractivity (Wildman–Crippen MR) is 110 cm³/mol. The molecule has 156 valence electrons. The number of rotatable bonds is 8. The summed E-state index contributed by atoms with van der Waals surface area (Å²) in [7, 11) is -2.31. The molecule has 0 aliphatic heterocycles. The maximum absolute atomic E-state index is 13.1. The van der Waals surface area contributed by atoms with Crippen molar-refractivity contribution in [1.82, 2.24) is 19.4 Å². The molecule has 0 aliphatic carbocycles. The van der Waals surface area contributed by atoms with Crippen molar-refractivity contribution in [2.45, 2.75) is 44.8 Å². The van der Waals surface area contributed by atoms with E-state index < -0.39 is 16.1 Å². The molecule has 3 rings (SSSR count). The summed E-state index contributed by atoms with van der Waals surface area (Å²) in [6.07, 6.45) is 1.50. The SMILES string of the molecule is Cc1nn([C@H](C)C(=O)NCc2cccs2)c(C)c1S(=O)(=O)N(C)Cc1ccco1. The van der Waals surface area contributed by atoms with Gasteiger partial charge in [0.15, 0.2) is 0 Å². The molecule has 1 atom stereocenters. The lowest BCUT2D eigenvalue weighted by atomic mass is 10.3. The van der Waals surface area contributed by atoms with Crippen LogP contribution in [0, 0.1) is 13.8 Å². The molecular formula is C19H24N4O4S2. The first kappa shape index (κ1) is 21.3. The van der Waals surface area contributed by atoms with Crippen LogP contribution in [0.4, 0.5) is 0 Å². The zero-order valence-corrected chi connectivity index (χ0v) is 18.4. The highest BCUT2D eigenvalue weighted by Crippen LogP contribution is 2.26. The molecule has 1 amide bonds. The second-order valence-electron chi connectivity index (χ2n) is 6.76. The third-order valence-electron chi connectivity index (χ3n) is 4.65. The molecule has 0 aromatic carbocycles. The van der Waals surface area contributed by atoms with Crippen LogP contribution in [0.1, 0.15) is 35.0 Å². The standard InChI is InChI=1S/C19H24N4O4S2/c1-13-18(29(25,26)22(4)12-16-7-5-9-27-16)14(2)23(21-13)15(3)19(24)20-11-17-8-6-10-28-17/h5-10,15H,11-12H2,1-4H3,(H,20,24)/t15-/m1/s1. The Hall–Kier alpha value is -2.43. The molecule has 29 heavy (non-hydrogen) atoms. The number of carbonyl (C=O) groups is 1. The average molecular weight is 437 g/mol. The average Bonchev–Trinajstić information content (AvgIpc) is 3.41. The first-order chi connectivity index (χ1) is 13.7. The first-order valence-electron chi connectivity index (χ1n) is 9.06. The van der Waals surface area contributed by atoms with Gasteiger partial charge in [0.05, 0.1) is 30.7 Å². The predicted octanol–water partition coefficient (Wildman–Crippen LogP) is 2.85. The summed E-state index contributed by atoms with van der Waals surface area (Å²) in [5.41, 5.74) is 0.777. The number of nitrogens with zero attached hydrogens (tertiary/aromatic N) is 3. The van der Waals surface area contributed by atoms with E-state index in [0.29, 0.717) is 23.7 Å². The van der Waals surface area contributed by atoms with Gasteiger partial charge in [-0.25, -0.2) is 8.42 Å². The fraction of sp³-hybridized carbons (Fsp3) is 0.368. The first-order valence-corrected chi connectivity index (χ1v) is 11.4. The number of amides is 1. The highest BCUT2D eigenvalue weighted by Gasteiger charge is 2.31. The lowest BCUT2D eigenvalue weighted by Crippen LogP contribution is -2.31. The Morgan fingerprint density at radius 3 is 2.72 bits per heavy atom. The summed E-state index contributed by atoms with van der Waals surface area (Å²) in [6.45, 7) is 5.53. The topological polar surface area (TPSA) is 97.4 Å². The second kappa shape index (κ2) is 8.52. The normalized spacial score (nSPS) is 13.0. The van der Waals surface area contributed by atoms with E-state index in [-0.39, 0.29) is 17.3 Å². The fourth-order valence-electron chi connectivity index (χ4n) is 3.11.